The minimum absolute atomic E-state index is 0.0450. The molecule has 106 valence electrons. The predicted molar refractivity (Wildman–Crippen MR) is 76.3 cm³/mol. The van der Waals surface area contributed by atoms with E-state index in [1.165, 1.54) is 6.07 Å². The number of aromatic amines is 1. The molecule has 1 amide bonds. The van der Waals surface area contributed by atoms with Crippen LogP contribution in [0.4, 0.5) is 4.39 Å². The van der Waals surface area contributed by atoms with E-state index in [1.54, 1.807) is 18.2 Å². The van der Waals surface area contributed by atoms with Gasteiger partial charge in [-0.3, -0.25) is 4.79 Å². The number of hydrogen-bond acceptors (Lipinski definition) is 2. The minimum Gasteiger partial charge on any atom is -0.348 e. The Balaban J connectivity index is 1.81. The number of nitrogens with zero attached hydrogens (tertiary/aromatic N) is 2. The van der Waals surface area contributed by atoms with E-state index >= 15 is 0 Å². The summed E-state index contributed by atoms with van der Waals surface area (Å²) in [5.74, 6) is -0.367. The highest BCUT2D eigenvalue weighted by atomic mass is 19.1. The van der Waals surface area contributed by atoms with E-state index in [2.05, 4.69) is 16.8 Å². The molecule has 2 heterocycles. The molecule has 1 aliphatic heterocycles. The number of fused-ring (bicyclic) bond motifs is 1. The number of hydrogen-bond donors (Lipinski definition) is 1. The number of halogens is 1. The average molecular weight is 275 g/mol. The maximum atomic E-state index is 13.6. The van der Waals surface area contributed by atoms with Crippen LogP contribution < -0.4 is 0 Å². The summed E-state index contributed by atoms with van der Waals surface area (Å²) in [6.45, 7) is 6.39. The lowest BCUT2D eigenvalue weighted by Gasteiger charge is -2.33. The van der Waals surface area contributed by atoms with Crippen molar-refractivity contribution in [3.63, 3.8) is 0 Å². The average Bonchev–Trinajstić information content (AvgIpc) is 2.92. The van der Waals surface area contributed by atoms with Crippen molar-refractivity contribution in [1.29, 1.82) is 0 Å². The Hall–Kier alpha value is -1.88. The Morgan fingerprint density at radius 2 is 2.05 bits per heavy atom. The molecule has 1 aromatic heterocycles. The molecule has 0 spiro atoms. The highest BCUT2D eigenvalue weighted by Crippen LogP contribution is 2.19. The van der Waals surface area contributed by atoms with Gasteiger partial charge >= 0.3 is 0 Å². The molecule has 2 aromatic rings. The molecule has 3 rings (SSSR count). The number of aromatic nitrogens is 1. The van der Waals surface area contributed by atoms with Crippen molar-refractivity contribution in [3.05, 3.63) is 35.8 Å². The van der Waals surface area contributed by atoms with Crippen LogP contribution in [0.2, 0.25) is 0 Å². The number of piperazine rings is 1. The van der Waals surface area contributed by atoms with Gasteiger partial charge in [0.2, 0.25) is 0 Å². The molecule has 1 N–H and O–H groups in total. The van der Waals surface area contributed by atoms with Crippen molar-refractivity contribution in [3.8, 4) is 0 Å². The first-order valence-electron chi connectivity index (χ1n) is 6.98. The summed E-state index contributed by atoms with van der Waals surface area (Å²) in [4.78, 5) is 19.5. The Bertz CT molecular complexity index is 629. The fraction of sp³-hybridized carbons (Fsp3) is 0.400. The van der Waals surface area contributed by atoms with E-state index < -0.39 is 0 Å². The highest BCUT2D eigenvalue weighted by molar-refractivity contribution is 5.98. The lowest BCUT2D eigenvalue weighted by molar-refractivity contribution is 0.0638. The number of likely N-dealkylation sites (N-methyl/N-ethyl adjacent to an activating group) is 1. The van der Waals surface area contributed by atoms with Crippen molar-refractivity contribution in [2.24, 2.45) is 0 Å². The first-order valence-corrected chi connectivity index (χ1v) is 6.98. The van der Waals surface area contributed by atoms with Crippen LogP contribution in [-0.2, 0) is 0 Å². The maximum Gasteiger partial charge on any atom is 0.270 e. The standard InChI is InChI=1S/C15H18FN3O/c1-2-18-6-8-19(9-7-18)15(20)13-10-11-4-3-5-12(16)14(11)17-13/h3-5,10,17H,2,6-9H2,1H3. The van der Waals surface area contributed by atoms with Gasteiger partial charge in [-0.2, -0.15) is 0 Å². The lowest BCUT2D eigenvalue weighted by Crippen LogP contribution is -2.48. The zero-order chi connectivity index (χ0) is 14.1. The second kappa shape index (κ2) is 5.25. The molecule has 0 atom stereocenters. The summed E-state index contributed by atoms with van der Waals surface area (Å²) in [6.07, 6.45) is 0. The molecule has 0 radical (unpaired) electrons. The maximum absolute atomic E-state index is 13.6. The number of carbonyl (C=O) groups excluding carboxylic acids is 1. The first kappa shape index (κ1) is 13.1. The predicted octanol–water partition coefficient (Wildman–Crippen LogP) is 2.08. The third-order valence-corrected chi connectivity index (χ3v) is 3.94. The largest absolute Gasteiger partial charge is 0.348 e. The van der Waals surface area contributed by atoms with Gasteiger partial charge < -0.3 is 14.8 Å². The molecule has 0 bridgehead atoms. The zero-order valence-corrected chi connectivity index (χ0v) is 11.5. The SMILES string of the molecule is CCN1CCN(C(=O)c2cc3cccc(F)c3[nH]2)CC1. The first-order chi connectivity index (χ1) is 9.69. The monoisotopic (exact) mass is 275 g/mol. The highest BCUT2D eigenvalue weighted by Gasteiger charge is 2.22. The molecule has 5 heteroatoms. The van der Waals surface area contributed by atoms with Crippen molar-refractivity contribution in [1.82, 2.24) is 14.8 Å². The number of nitrogens with one attached hydrogen (secondary N) is 1. The zero-order valence-electron chi connectivity index (χ0n) is 11.5. The van der Waals surface area contributed by atoms with E-state index in [0.29, 0.717) is 11.2 Å². The molecule has 20 heavy (non-hydrogen) atoms. The molecular weight excluding hydrogens is 257 g/mol. The molecular formula is C15H18FN3O. The topological polar surface area (TPSA) is 39.3 Å². The van der Waals surface area contributed by atoms with Crippen LogP contribution >= 0.6 is 0 Å². The number of para-hydroxylation sites is 1. The van der Waals surface area contributed by atoms with E-state index in [-0.39, 0.29) is 11.7 Å². The smallest absolute Gasteiger partial charge is 0.270 e. The van der Waals surface area contributed by atoms with Gasteiger partial charge in [-0.15, -0.1) is 0 Å². The second-order valence-electron chi connectivity index (χ2n) is 5.11. The quantitative estimate of drug-likeness (QED) is 0.911. The van der Waals surface area contributed by atoms with Gasteiger partial charge in [0.25, 0.3) is 5.91 Å². The summed E-state index contributed by atoms with van der Waals surface area (Å²) in [5.41, 5.74) is 0.873. The van der Waals surface area contributed by atoms with Gasteiger partial charge in [0.05, 0.1) is 5.52 Å². The van der Waals surface area contributed by atoms with Gasteiger partial charge in [-0.1, -0.05) is 19.1 Å². The molecule has 0 saturated carbocycles. The lowest BCUT2D eigenvalue weighted by atomic mass is 10.2. The molecule has 0 aliphatic carbocycles. The van der Waals surface area contributed by atoms with E-state index in [0.717, 1.165) is 38.1 Å². The number of benzene rings is 1. The Morgan fingerprint density at radius 1 is 1.30 bits per heavy atom. The Labute approximate surface area is 117 Å². The third kappa shape index (κ3) is 2.29. The molecule has 4 nitrogen and oxygen atoms in total. The van der Waals surface area contributed by atoms with Crippen LogP contribution in [0.3, 0.4) is 0 Å². The van der Waals surface area contributed by atoms with E-state index in [9.17, 15) is 9.18 Å². The van der Waals surface area contributed by atoms with E-state index in [4.69, 9.17) is 0 Å². The fourth-order valence-corrected chi connectivity index (χ4v) is 2.67. The summed E-state index contributed by atoms with van der Waals surface area (Å²) < 4.78 is 13.6. The van der Waals surface area contributed by atoms with Crippen LogP contribution in [0.5, 0.6) is 0 Å². The van der Waals surface area contributed by atoms with Gasteiger partial charge in [0, 0.05) is 31.6 Å². The second-order valence-corrected chi connectivity index (χ2v) is 5.11. The van der Waals surface area contributed by atoms with Crippen LogP contribution in [0.15, 0.2) is 24.3 Å². The van der Waals surface area contributed by atoms with Crippen molar-refractivity contribution < 1.29 is 9.18 Å². The molecule has 1 aromatic carbocycles. The molecule has 1 saturated heterocycles. The van der Waals surface area contributed by atoms with Crippen molar-refractivity contribution in [2.75, 3.05) is 32.7 Å². The van der Waals surface area contributed by atoms with Gasteiger partial charge in [0.1, 0.15) is 11.5 Å². The van der Waals surface area contributed by atoms with Gasteiger partial charge in [-0.05, 0) is 18.7 Å². The summed E-state index contributed by atoms with van der Waals surface area (Å²) in [7, 11) is 0. The summed E-state index contributed by atoms with van der Waals surface area (Å²) >= 11 is 0. The summed E-state index contributed by atoms with van der Waals surface area (Å²) in [6, 6.07) is 6.58. The Kier molecular flexibility index (Phi) is 3.44. The molecule has 1 fully saturated rings. The molecule has 0 unspecified atom stereocenters. The number of rotatable bonds is 2. The van der Waals surface area contributed by atoms with E-state index in [1.807, 2.05) is 4.90 Å². The van der Waals surface area contributed by atoms with Crippen molar-refractivity contribution in [2.45, 2.75) is 6.92 Å². The van der Waals surface area contributed by atoms with Crippen LogP contribution in [-0.4, -0.2) is 53.4 Å². The number of amides is 1. The fourth-order valence-electron chi connectivity index (χ4n) is 2.67. The Morgan fingerprint density at radius 3 is 2.70 bits per heavy atom. The van der Waals surface area contributed by atoms with Crippen LogP contribution in [0, 0.1) is 5.82 Å². The van der Waals surface area contributed by atoms with Gasteiger partial charge in [-0.25, -0.2) is 4.39 Å². The molecule has 1 aliphatic rings. The normalized spacial score (nSPS) is 16.8. The summed E-state index contributed by atoms with van der Waals surface area (Å²) in [5, 5.41) is 0.737. The van der Waals surface area contributed by atoms with Gasteiger partial charge in [0.15, 0.2) is 0 Å². The van der Waals surface area contributed by atoms with Crippen LogP contribution in [0.1, 0.15) is 17.4 Å². The van der Waals surface area contributed by atoms with Crippen LogP contribution in [0.25, 0.3) is 10.9 Å². The van der Waals surface area contributed by atoms with Crippen molar-refractivity contribution >= 4 is 16.8 Å². The minimum atomic E-state index is -0.322. The number of carbonyl (C=O) groups is 1. The number of H-pyrrole nitrogens is 1. The third-order valence-electron chi connectivity index (χ3n) is 3.94.